The number of hydroxylamine groups is 2. The van der Waals surface area contributed by atoms with Gasteiger partial charge in [-0.15, -0.1) is 0 Å². The summed E-state index contributed by atoms with van der Waals surface area (Å²) in [7, 11) is 0. The van der Waals surface area contributed by atoms with Crippen LogP contribution in [0, 0.1) is 22.7 Å². The second-order valence-electron chi connectivity index (χ2n) is 21.2. The topological polar surface area (TPSA) is 145 Å². The third-order valence-corrected chi connectivity index (χ3v) is 15.5. The third-order valence-electron chi connectivity index (χ3n) is 15.5. The normalized spacial score (nSPS) is 37.5. The van der Waals surface area contributed by atoms with Gasteiger partial charge in [-0.25, -0.2) is 0 Å². The number of hydrogen-bond donors (Lipinski definition) is 2. The van der Waals surface area contributed by atoms with Crippen LogP contribution >= 0.6 is 0 Å². The minimum absolute atomic E-state index is 0.000950. The number of esters is 2. The lowest BCUT2D eigenvalue weighted by Gasteiger charge is -2.53. The molecule has 2 aromatic carbocycles. The predicted octanol–water partition coefficient (Wildman–Crippen LogP) is 6.14. The molecule has 8 aliphatic rings. The molecular weight excluding hydrogens is 777 g/mol. The lowest BCUT2D eigenvalue weighted by Crippen LogP contribution is -2.70. The van der Waals surface area contributed by atoms with Gasteiger partial charge in [-0.2, -0.15) is 5.06 Å². The molecule has 4 heterocycles. The van der Waals surface area contributed by atoms with Gasteiger partial charge in [0.25, 0.3) is 0 Å². The van der Waals surface area contributed by atoms with E-state index in [1.807, 2.05) is 24.3 Å². The highest BCUT2D eigenvalue weighted by Gasteiger charge is 2.76. The van der Waals surface area contributed by atoms with Gasteiger partial charge in [-0.1, -0.05) is 74.0 Å². The van der Waals surface area contributed by atoms with Crippen LogP contribution in [-0.2, 0) is 62.3 Å². The van der Waals surface area contributed by atoms with E-state index in [4.69, 9.17) is 28.5 Å². The first-order chi connectivity index (χ1) is 29.0. The minimum atomic E-state index is -1.44. The highest BCUT2D eigenvalue weighted by molar-refractivity contribution is 5.94. The van der Waals surface area contributed by atoms with Gasteiger partial charge in [0.15, 0.2) is 11.8 Å². The second-order valence-corrected chi connectivity index (χ2v) is 21.2. The van der Waals surface area contributed by atoms with Gasteiger partial charge in [0.2, 0.25) is 5.91 Å². The van der Waals surface area contributed by atoms with Crippen molar-refractivity contribution in [3.05, 3.63) is 76.4 Å². The van der Waals surface area contributed by atoms with Gasteiger partial charge < -0.3 is 34.1 Å². The molecule has 3 saturated carbocycles. The number of nitrogens with zero attached hydrogens (tertiary/aromatic N) is 1. The Morgan fingerprint density at radius 2 is 1.70 bits per heavy atom. The molecule has 328 valence electrons. The van der Waals surface area contributed by atoms with Crippen LogP contribution in [0.25, 0.3) is 6.08 Å². The maximum atomic E-state index is 15.1. The zero-order chi connectivity index (χ0) is 42.7. The van der Waals surface area contributed by atoms with E-state index in [9.17, 15) is 14.7 Å². The van der Waals surface area contributed by atoms with Crippen molar-refractivity contribution in [2.45, 2.75) is 172 Å². The van der Waals surface area contributed by atoms with E-state index in [1.54, 1.807) is 25.8 Å². The van der Waals surface area contributed by atoms with Gasteiger partial charge in [0, 0.05) is 25.7 Å². The average molecular weight is 839 g/mol. The van der Waals surface area contributed by atoms with Crippen LogP contribution < -0.4 is 5.32 Å². The number of epoxide rings is 1. The lowest BCUT2D eigenvalue weighted by atomic mass is 9.52. The summed E-state index contributed by atoms with van der Waals surface area (Å²) in [4.78, 5) is 49.2. The van der Waals surface area contributed by atoms with E-state index < -0.39 is 77.8 Å². The predicted molar refractivity (Wildman–Crippen MR) is 223 cm³/mol. The summed E-state index contributed by atoms with van der Waals surface area (Å²) in [5.41, 5.74) is 3.91. The molecule has 7 fully saturated rings. The summed E-state index contributed by atoms with van der Waals surface area (Å²) in [6.07, 6.45) is 6.38. The van der Waals surface area contributed by atoms with Crippen molar-refractivity contribution in [2.24, 2.45) is 22.7 Å². The molecule has 1 amide bonds. The van der Waals surface area contributed by atoms with E-state index in [2.05, 4.69) is 56.4 Å². The number of aliphatic hydroxyl groups is 1. The van der Waals surface area contributed by atoms with Crippen LogP contribution in [0.5, 0.6) is 0 Å². The standard InChI is InChI=1S/C49H62N2O10/c1-45(2,3)58-38(53)18-16-33(27-52)50-44(55)49-25-36-39-40(60-48(59-39)22-30-12-8-9-13-31(30)23-48)42(49)61-51(41(49)43(54)56-36)26-32-14-10-7-11-28(32)21-29-15-17-37-47(6,57-37)20-19-35-34(29)24-46(35,4)5/h7-14,21,33-37,39-42,52H,15-20,22-27H2,1-6H3,(H,50,55). The monoisotopic (exact) mass is 838 g/mol. The summed E-state index contributed by atoms with van der Waals surface area (Å²) >= 11 is 0. The van der Waals surface area contributed by atoms with Crippen LogP contribution in [0.2, 0.25) is 0 Å². The number of amides is 1. The van der Waals surface area contributed by atoms with Crippen molar-refractivity contribution in [1.82, 2.24) is 10.4 Å². The third kappa shape index (κ3) is 7.17. The van der Waals surface area contributed by atoms with Crippen molar-refractivity contribution in [1.29, 1.82) is 0 Å². The van der Waals surface area contributed by atoms with Gasteiger partial charge in [0.1, 0.15) is 35.4 Å². The van der Waals surface area contributed by atoms with Crippen molar-refractivity contribution in [3.63, 3.8) is 0 Å². The molecular formula is C49H62N2O10. The van der Waals surface area contributed by atoms with Gasteiger partial charge in [-0.3, -0.25) is 19.2 Å². The molecule has 4 aliphatic heterocycles. The number of aliphatic hydroxyl groups excluding tert-OH is 1. The number of carbonyl (C=O) groups is 3. The zero-order valence-corrected chi connectivity index (χ0v) is 36.4. The SMILES string of the molecule is CC(C)(C)OC(=O)CCC(CO)NC(=O)C12CC3OC(=O)C1N(Cc1ccccc1C=C1CCC4OC4(C)CCC4C1CC4(C)C)OC2C1OC2(Cc4ccccc4C2)OC31. The molecule has 4 aliphatic carbocycles. The molecule has 11 atom stereocenters. The fourth-order valence-electron chi connectivity index (χ4n) is 12.4. The van der Waals surface area contributed by atoms with Crippen molar-refractivity contribution < 1.29 is 48.0 Å². The largest absolute Gasteiger partial charge is 0.460 e. The molecule has 11 unspecified atom stereocenters. The van der Waals surface area contributed by atoms with Crippen molar-refractivity contribution in [3.8, 4) is 0 Å². The highest BCUT2D eigenvalue weighted by atomic mass is 16.8. The number of allylic oxidation sites excluding steroid dienone is 1. The summed E-state index contributed by atoms with van der Waals surface area (Å²) in [5, 5.41) is 15.2. The summed E-state index contributed by atoms with van der Waals surface area (Å²) in [6, 6.07) is 14.5. The Hall–Kier alpha value is -3.65. The maximum absolute atomic E-state index is 15.1. The maximum Gasteiger partial charge on any atom is 0.327 e. The first-order valence-corrected chi connectivity index (χ1v) is 22.7. The summed E-state index contributed by atoms with van der Waals surface area (Å²) in [5.74, 6) is -1.31. The van der Waals surface area contributed by atoms with Crippen LogP contribution in [0.4, 0.5) is 0 Å². The van der Waals surface area contributed by atoms with E-state index in [1.165, 1.54) is 5.57 Å². The Kier molecular flexibility index (Phi) is 9.97. The molecule has 61 heavy (non-hydrogen) atoms. The smallest absolute Gasteiger partial charge is 0.327 e. The van der Waals surface area contributed by atoms with Gasteiger partial charge >= 0.3 is 11.9 Å². The Morgan fingerprint density at radius 1 is 0.984 bits per heavy atom. The Morgan fingerprint density at radius 3 is 2.43 bits per heavy atom. The van der Waals surface area contributed by atoms with E-state index >= 15 is 4.79 Å². The first-order valence-electron chi connectivity index (χ1n) is 22.7. The lowest BCUT2D eigenvalue weighted by molar-refractivity contribution is -0.217. The molecule has 0 radical (unpaired) electrons. The Labute approximate surface area is 358 Å². The summed E-state index contributed by atoms with van der Waals surface area (Å²) in [6.45, 7) is 12.3. The summed E-state index contributed by atoms with van der Waals surface area (Å²) < 4.78 is 31.8. The molecule has 12 nitrogen and oxygen atoms in total. The number of nitrogens with one attached hydrogen (secondary N) is 1. The van der Waals surface area contributed by atoms with Crippen LogP contribution in [0.1, 0.15) is 115 Å². The average Bonchev–Trinajstić information content (AvgIpc) is 3.48. The number of rotatable bonds is 9. The molecule has 1 spiro atoms. The first kappa shape index (κ1) is 41.4. The molecule has 4 saturated heterocycles. The molecule has 2 N–H and O–H groups in total. The number of fused-ring (bicyclic) bond motifs is 7. The quantitative estimate of drug-likeness (QED) is 0.222. The van der Waals surface area contributed by atoms with Gasteiger partial charge in [-0.05, 0) is 106 Å². The van der Waals surface area contributed by atoms with E-state index in [-0.39, 0.29) is 36.8 Å². The zero-order valence-electron chi connectivity index (χ0n) is 36.4. The number of ether oxygens (including phenoxy) is 5. The number of benzene rings is 2. The second kappa shape index (κ2) is 14.7. The molecule has 12 heteroatoms. The number of hydrogen-bond acceptors (Lipinski definition) is 11. The highest BCUT2D eigenvalue weighted by Crippen LogP contribution is 2.61. The van der Waals surface area contributed by atoms with Crippen LogP contribution in [0.15, 0.2) is 54.1 Å². The van der Waals surface area contributed by atoms with E-state index in [0.717, 1.165) is 54.4 Å². The molecule has 10 rings (SSSR count). The molecule has 2 aromatic rings. The molecule has 2 bridgehead atoms. The fourth-order valence-corrected chi connectivity index (χ4v) is 12.4. The minimum Gasteiger partial charge on any atom is -0.460 e. The fraction of sp³-hybridized carbons (Fsp3) is 0.653. The van der Waals surface area contributed by atoms with Gasteiger partial charge in [0.05, 0.1) is 30.9 Å². The van der Waals surface area contributed by atoms with Crippen molar-refractivity contribution in [2.75, 3.05) is 6.61 Å². The van der Waals surface area contributed by atoms with Crippen LogP contribution in [0.3, 0.4) is 0 Å². The number of carbonyl (C=O) groups excluding carboxylic acids is 3. The van der Waals surface area contributed by atoms with Crippen LogP contribution in [-0.4, -0.2) is 94.2 Å². The van der Waals surface area contributed by atoms with Crippen molar-refractivity contribution >= 4 is 23.9 Å². The Balaban J connectivity index is 0.967. The van der Waals surface area contributed by atoms with E-state index in [0.29, 0.717) is 30.8 Å². The Bertz CT molecular complexity index is 2100. The molecule has 0 aromatic heterocycles.